The highest BCUT2D eigenvalue weighted by Crippen LogP contribution is 2.31. The number of carboxylic acids is 1. The second-order valence-corrected chi connectivity index (χ2v) is 7.96. The molecule has 1 fully saturated rings. The summed E-state index contributed by atoms with van der Waals surface area (Å²) in [7, 11) is 0. The summed E-state index contributed by atoms with van der Waals surface area (Å²) >= 11 is 0. The van der Waals surface area contributed by atoms with Gasteiger partial charge in [0, 0.05) is 35.5 Å². The number of anilines is 1. The minimum absolute atomic E-state index is 0.0481. The van der Waals surface area contributed by atoms with Gasteiger partial charge in [-0.3, -0.25) is 14.4 Å². The van der Waals surface area contributed by atoms with E-state index in [1.807, 2.05) is 6.07 Å². The van der Waals surface area contributed by atoms with Gasteiger partial charge in [0.2, 0.25) is 5.91 Å². The van der Waals surface area contributed by atoms with Gasteiger partial charge in [-0.1, -0.05) is 36.4 Å². The van der Waals surface area contributed by atoms with Crippen LogP contribution in [0.3, 0.4) is 0 Å². The summed E-state index contributed by atoms with van der Waals surface area (Å²) in [5.74, 6) is -2.96. The van der Waals surface area contributed by atoms with Crippen LogP contribution < -0.4 is 16.0 Å². The number of hydrogen-bond donors (Lipinski definition) is 4. The molecule has 2 aromatic rings. The van der Waals surface area contributed by atoms with Crippen molar-refractivity contribution in [1.82, 2.24) is 10.6 Å². The first-order valence-corrected chi connectivity index (χ1v) is 11.0. The molecule has 4 N–H and O–H groups in total. The molecule has 1 atom stereocenters. The summed E-state index contributed by atoms with van der Waals surface area (Å²) in [5, 5.41) is 16.5. The number of benzene rings is 2. The van der Waals surface area contributed by atoms with Crippen LogP contribution in [-0.4, -0.2) is 60.4 Å². The molecule has 11 heteroatoms. The Morgan fingerprint density at radius 2 is 1.60 bits per heavy atom. The molecule has 0 aromatic heterocycles. The fourth-order valence-electron chi connectivity index (χ4n) is 3.85. The minimum atomic E-state index is -5.08. The predicted octanol–water partition coefficient (Wildman–Crippen LogP) is 2.77. The lowest BCUT2D eigenvalue weighted by Crippen LogP contribution is -2.41. The van der Waals surface area contributed by atoms with Gasteiger partial charge >= 0.3 is 12.1 Å². The van der Waals surface area contributed by atoms with Crippen molar-refractivity contribution >= 4 is 29.1 Å². The van der Waals surface area contributed by atoms with Gasteiger partial charge in [0.05, 0.1) is 11.6 Å². The van der Waals surface area contributed by atoms with E-state index in [0.717, 1.165) is 25.8 Å². The highest BCUT2D eigenvalue weighted by Gasteiger charge is 2.38. The van der Waals surface area contributed by atoms with Gasteiger partial charge in [0.25, 0.3) is 0 Å². The van der Waals surface area contributed by atoms with Crippen molar-refractivity contribution in [1.29, 1.82) is 0 Å². The second kappa shape index (κ2) is 11.1. The van der Waals surface area contributed by atoms with Crippen LogP contribution in [0.4, 0.5) is 18.9 Å². The van der Waals surface area contributed by atoms with Crippen molar-refractivity contribution in [2.75, 3.05) is 25.0 Å². The lowest BCUT2D eigenvalue weighted by Gasteiger charge is -2.20. The Hall–Kier alpha value is -3.73. The van der Waals surface area contributed by atoms with Gasteiger partial charge in [0.15, 0.2) is 11.6 Å². The molecule has 4 rings (SSSR count). The molecule has 186 valence electrons. The van der Waals surface area contributed by atoms with E-state index in [9.17, 15) is 27.6 Å². The first-order valence-electron chi connectivity index (χ1n) is 11.0. The Labute approximate surface area is 198 Å². The first kappa shape index (κ1) is 25.9. The molecule has 1 amide bonds. The van der Waals surface area contributed by atoms with E-state index in [2.05, 4.69) is 16.0 Å². The van der Waals surface area contributed by atoms with Gasteiger partial charge in [-0.15, -0.1) is 0 Å². The van der Waals surface area contributed by atoms with Crippen LogP contribution in [0, 0.1) is 0 Å². The maximum absolute atomic E-state index is 12.9. The van der Waals surface area contributed by atoms with Gasteiger partial charge in [-0.2, -0.15) is 13.2 Å². The topological polar surface area (TPSA) is 125 Å². The molecule has 1 saturated heterocycles. The monoisotopic (exact) mass is 491 g/mol. The number of nitrogens with one attached hydrogen (secondary N) is 3. The van der Waals surface area contributed by atoms with Crippen LogP contribution in [0.5, 0.6) is 0 Å². The molecule has 2 aromatic carbocycles. The molecular weight excluding hydrogens is 467 g/mol. The fraction of sp³-hybridized carbons (Fsp3) is 0.333. The van der Waals surface area contributed by atoms with E-state index in [4.69, 9.17) is 9.90 Å². The van der Waals surface area contributed by atoms with Crippen LogP contribution in [0.1, 0.15) is 51.1 Å². The Balaban J connectivity index is 0.000000429. The van der Waals surface area contributed by atoms with Gasteiger partial charge in [0.1, 0.15) is 0 Å². The van der Waals surface area contributed by atoms with Gasteiger partial charge in [-0.25, -0.2) is 4.79 Å². The van der Waals surface area contributed by atoms with Crippen molar-refractivity contribution in [2.24, 2.45) is 0 Å². The smallest absolute Gasteiger partial charge is 0.475 e. The first-order chi connectivity index (χ1) is 16.6. The van der Waals surface area contributed by atoms with E-state index < -0.39 is 12.1 Å². The third-order valence-corrected chi connectivity index (χ3v) is 5.54. The van der Waals surface area contributed by atoms with E-state index >= 15 is 0 Å². The molecular formula is C24H24F3N3O5. The van der Waals surface area contributed by atoms with Crippen molar-refractivity contribution in [3.05, 3.63) is 64.7 Å². The normalized spacial score (nSPS) is 16.5. The zero-order valence-corrected chi connectivity index (χ0v) is 18.6. The van der Waals surface area contributed by atoms with E-state index in [0.29, 0.717) is 41.0 Å². The maximum atomic E-state index is 12.9. The number of fused-ring (bicyclic) bond motifs is 2. The third-order valence-electron chi connectivity index (χ3n) is 5.54. The number of alkyl halides is 3. The molecule has 1 aliphatic heterocycles. The molecule has 0 saturated carbocycles. The highest BCUT2D eigenvalue weighted by atomic mass is 19.4. The fourth-order valence-corrected chi connectivity index (χ4v) is 3.85. The highest BCUT2D eigenvalue weighted by molar-refractivity contribution is 6.30. The SMILES string of the molecule is O=C(O)C(F)(F)F.O=C1c2ccccc2C(=O)c2c(NCCCNC(=O)[C@@H]3CCCN3)cccc21. The quantitative estimate of drug-likeness (QED) is 0.391. The van der Waals surface area contributed by atoms with Crippen molar-refractivity contribution < 1.29 is 37.5 Å². The molecule has 0 spiro atoms. The van der Waals surface area contributed by atoms with Gasteiger partial charge in [-0.05, 0) is 31.9 Å². The van der Waals surface area contributed by atoms with Gasteiger partial charge < -0.3 is 21.1 Å². The molecule has 0 unspecified atom stereocenters. The minimum Gasteiger partial charge on any atom is -0.475 e. The summed E-state index contributed by atoms with van der Waals surface area (Å²) in [6.07, 6.45) is -2.44. The number of rotatable bonds is 6. The van der Waals surface area contributed by atoms with Crippen molar-refractivity contribution in [3.63, 3.8) is 0 Å². The summed E-state index contributed by atoms with van der Waals surface area (Å²) in [5.41, 5.74) is 2.44. The Morgan fingerprint density at radius 1 is 0.971 bits per heavy atom. The standard InChI is InChI=1S/C22H23N3O3.C2HF3O2/c26-20-14-6-1-2-7-15(14)21(27)19-16(20)8-3-9-17(19)23-12-5-13-25-22(28)18-10-4-11-24-18;3-2(4,5)1(6)7/h1-3,6-9,18,23-24H,4-5,10-13H2,(H,25,28);(H,6,7)/t18-;/m0./s1. The molecule has 0 bridgehead atoms. The average molecular weight is 491 g/mol. The van der Waals surface area contributed by atoms with Crippen LogP contribution in [0.15, 0.2) is 42.5 Å². The van der Waals surface area contributed by atoms with Crippen molar-refractivity contribution in [2.45, 2.75) is 31.5 Å². The Morgan fingerprint density at radius 3 is 2.20 bits per heavy atom. The zero-order chi connectivity index (χ0) is 25.6. The second-order valence-electron chi connectivity index (χ2n) is 7.96. The summed E-state index contributed by atoms with van der Waals surface area (Å²) in [6.45, 7) is 2.06. The number of carboxylic acid groups (broad SMARTS) is 1. The van der Waals surface area contributed by atoms with Crippen LogP contribution >= 0.6 is 0 Å². The number of amides is 1. The number of carbonyl (C=O) groups excluding carboxylic acids is 3. The Kier molecular flexibility index (Phi) is 8.23. The molecule has 35 heavy (non-hydrogen) atoms. The molecule has 1 heterocycles. The van der Waals surface area contributed by atoms with E-state index in [1.54, 1.807) is 36.4 Å². The van der Waals surface area contributed by atoms with Crippen LogP contribution in [0.25, 0.3) is 0 Å². The average Bonchev–Trinajstić information content (AvgIpc) is 3.37. The lowest BCUT2D eigenvalue weighted by molar-refractivity contribution is -0.192. The Bertz CT molecular complexity index is 1130. The van der Waals surface area contributed by atoms with E-state index in [-0.39, 0.29) is 23.5 Å². The summed E-state index contributed by atoms with van der Waals surface area (Å²) < 4.78 is 31.7. The van der Waals surface area contributed by atoms with Crippen LogP contribution in [-0.2, 0) is 9.59 Å². The number of aliphatic carboxylic acids is 1. The summed E-state index contributed by atoms with van der Waals surface area (Å²) in [6, 6.07) is 12.2. The molecule has 2 aliphatic rings. The molecule has 0 radical (unpaired) electrons. The summed E-state index contributed by atoms with van der Waals surface area (Å²) in [4.78, 5) is 46.6. The number of ketones is 2. The van der Waals surface area contributed by atoms with Crippen LogP contribution in [0.2, 0.25) is 0 Å². The third kappa shape index (κ3) is 6.24. The number of hydrogen-bond acceptors (Lipinski definition) is 6. The predicted molar refractivity (Wildman–Crippen MR) is 121 cm³/mol. The maximum Gasteiger partial charge on any atom is 0.490 e. The van der Waals surface area contributed by atoms with Crippen molar-refractivity contribution in [3.8, 4) is 0 Å². The molecule has 8 nitrogen and oxygen atoms in total. The van der Waals surface area contributed by atoms with E-state index in [1.165, 1.54) is 0 Å². The number of carbonyl (C=O) groups is 4. The molecule has 1 aliphatic carbocycles. The largest absolute Gasteiger partial charge is 0.490 e. The lowest BCUT2D eigenvalue weighted by atomic mass is 9.83. The number of halogens is 3. The zero-order valence-electron chi connectivity index (χ0n) is 18.6.